The van der Waals surface area contributed by atoms with Gasteiger partial charge in [-0.2, -0.15) is 4.37 Å². The maximum Gasteiger partial charge on any atom is 0.167 e. The van der Waals surface area contributed by atoms with Gasteiger partial charge in [-0.05, 0) is 17.8 Å². The van der Waals surface area contributed by atoms with E-state index in [1.807, 2.05) is 6.26 Å². The van der Waals surface area contributed by atoms with E-state index in [2.05, 4.69) is 14.3 Å². The molecule has 0 aliphatic rings. The highest BCUT2D eigenvalue weighted by atomic mass is 32.2. The lowest BCUT2D eigenvalue weighted by Gasteiger charge is -1.80. The van der Waals surface area contributed by atoms with Crippen LogP contribution in [0.3, 0.4) is 0 Å². The third-order valence-corrected chi connectivity index (χ3v) is 2.46. The second-order valence-electron chi connectivity index (χ2n) is 1.79. The zero-order chi connectivity index (χ0) is 6.97. The standard InChI is InChI=1S/C5H5N3S2/c1-9-5-7-3-2-6-10-4(3)8-5/h2H,1H3,(H,7,8). The Kier molecular flexibility index (Phi) is 1.39. The van der Waals surface area contributed by atoms with Crippen molar-refractivity contribution < 1.29 is 0 Å². The first-order chi connectivity index (χ1) is 4.90. The third-order valence-electron chi connectivity index (χ3n) is 1.19. The van der Waals surface area contributed by atoms with Crippen molar-refractivity contribution in [3.05, 3.63) is 6.20 Å². The van der Waals surface area contributed by atoms with Gasteiger partial charge in [0, 0.05) is 0 Å². The largest absolute Gasteiger partial charge is 0.331 e. The Balaban J connectivity index is 2.67. The van der Waals surface area contributed by atoms with E-state index < -0.39 is 0 Å². The van der Waals surface area contributed by atoms with E-state index in [-0.39, 0.29) is 0 Å². The van der Waals surface area contributed by atoms with Crippen LogP contribution in [0.1, 0.15) is 0 Å². The van der Waals surface area contributed by atoms with E-state index in [0.29, 0.717) is 0 Å². The molecule has 0 saturated heterocycles. The summed E-state index contributed by atoms with van der Waals surface area (Å²) in [6.07, 6.45) is 3.79. The number of imidazole rings is 1. The molecule has 2 aromatic rings. The van der Waals surface area contributed by atoms with Gasteiger partial charge in [0.25, 0.3) is 0 Å². The second kappa shape index (κ2) is 2.25. The van der Waals surface area contributed by atoms with Gasteiger partial charge in [0.15, 0.2) is 9.99 Å². The number of aromatic amines is 1. The fourth-order valence-electron chi connectivity index (χ4n) is 0.732. The van der Waals surface area contributed by atoms with Crippen LogP contribution >= 0.6 is 23.3 Å². The minimum atomic E-state index is 0.962. The Hall–Kier alpha value is -0.550. The average molecular weight is 171 g/mol. The fraction of sp³-hybridized carbons (Fsp3) is 0.200. The lowest BCUT2D eigenvalue weighted by atomic mass is 10.7. The molecule has 2 heterocycles. The quantitative estimate of drug-likeness (QED) is 0.664. The molecule has 0 unspecified atom stereocenters. The van der Waals surface area contributed by atoms with Crippen LogP contribution in [-0.4, -0.2) is 20.6 Å². The van der Waals surface area contributed by atoms with Gasteiger partial charge in [0.1, 0.15) is 0 Å². The molecule has 5 heteroatoms. The lowest BCUT2D eigenvalue weighted by Crippen LogP contribution is -1.68. The van der Waals surface area contributed by atoms with Gasteiger partial charge >= 0.3 is 0 Å². The Bertz CT molecular complexity index is 309. The number of hydrogen-bond acceptors (Lipinski definition) is 4. The Labute approximate surface area is 66.0 Å². The molecule has 0 radical (unpaired) electrons. The van der Waals surface area contributed by atoms with Crippen LogP contribution in [0, 0.1) is 0 Å². The average Bonchev–Trinajstić information content (AvgIpc) is 2.42. The van der Waals surface area contributed by atoms with Crippen molar-refractivity contribution in [1.82, 2.24) is 14.3 Å². The first-order valence-corrected chi connectivity index (χ1v) is 4.74. The predicted molar refractivity (Wildman–Crippen MR) is 43.5 cm³/mol. The van der Waals surface area contributed by atoms with E-state index in [0.717, 1.165) is 15.5 Å². The van der Waals surface area contributed by atoms with Crippen molar-refractivity contribution in [2.45, 2.75) is 5.16 Å². The number of rotatable bonds is 1. The normalized spacial score (nSPS) is 10.9. The van der Waals surface area contributed by atoms with Gasteiger partial charge in [-0.3, -0.25) is 0 Å². The van der Waals surface area contributed by atoms with Crippen LogP contribution in [0.5, 0.6) is 0 Å². The van der Waals surface area contributed by atoms with Crippen molar-refractivity contribution in [2.75, 3.05) is 6.26 Å². The van der Waals surface area contributed by atoms with Gasteiger partial charge in [0.05, 0.1) is 11.7 Å². The molecule has 0 fully saturated rings. The van der Waals surface area contributed by atoms with Crippen molar-refractivity contribution in [3.8, 4) is 0 Å². The Morgan fingerprint density at radius 2 is 2.60 bits per heavy atom. The third kappa shape index (κ3) is 0.819. The molecule has 2 aromatic heterocycles. The van der Waals surface area contributed by atoms with E-state index in [1.165, 1.54) is 11.5 Å². The van der Waals surface area contributed by atoms with E-state index >= 15 is 0 Å². The summed E-state index contributed by atoms with van der Waals surface area (Å²) in [6.45, 7) is 0. The highest BCUT2D eigenvalue weighted by Crippen LogP contribution is 2.19. The maximum atomic E-state index is 4.25. The highest BCUT2D eigenvalue weighted by molar-refractivity contribution is 7.98. The van der Waals surface area contributed by atoms with Gasteiger partial charge in [0.2, 0.25) is 0 Å². The van der Waals surface area contributed by atoms with Crippen molar-refractivity contribution in [3.63, 3.8) is 0 Å². The number of hydrogen-bond donors (Lipinski definition) is 1. The molecule has 0 amide bonds. The topological polar surface area (TPSA) is 41.6 Å². The van der Waals surface area contributed by atoms with Crippen LogP contribution in [0.2, 0.25) is 0 Å². The molecule has 0 aliphatic carbocycles. The Morgan fingerprint density at radius 3 is 3.30 bits per heavy atom. The zero-order valence-electron chi connectivity index (χ0n) is 5.29. The summed E-state index contributed by atoms with van der Waals surface area (Å²) in [6, 6.07) is 0. The Morgan fingerprint density at radius 1 is 1.70 bits per heavy atom. The molecule has 3 nitrogen and oxygen atoms in total. The minimum Gasteiger partial charge on any atom is -0.331 e. The molecule has 1 N–H and O–H groups in total. The molecule has 2 rings (SSSR count). The minimum absolute atomic E-state index is 0.962. The van der Waals surface area contributed by atoms with Gasteiger partial charge in [-0.25, -0.2) is 4.98 Å². The summed E-state index contributed by atoms with van der Waals surface area (Å²) in [4.78, 5) is 8.37. The van der Waals surface area contributed by atoms with Crippen LogP contribution in [-0.2, 0) is 0 Å². The molecule has 0 aromatic carbocycles. The fourth-order valence-corrected chi connectivity index (χ4v) is 1.78. The van der Waals surface area contributed by atoms with Gasteiger partial charge in [-0.15, -0.1) is 0 Å². The number of fused-ring (bicyclic) bond motifs is 1. The van der Waals surface area contributed by atoms with Crippen molar-refractivity contribution >= 4 is 33.6 Å². The van der Waals surface area contributed by atoms with Gasteiger partial charge < -0.3 is 4.98 Å². The van der Waals surface area contributed by atoms with Crippen molar-refractivity contribution in [1.29, 1.82) is 0 Å². The number of aromatic nitrogens is 3. The SMILES string of the molecule is CSc1nc2sncc2[nH]1. The van der Waals surface area contributed by atoms with Crippen LogP contribution in [0.25, 0.3) is 10.3 Å². The maximum absolute atomic E-state index is 4.25. The molecule has 0 spiro atoms. The number of nitrogens with one attached hydrogen (secondary N) is 1. The molecule has 0 atom stereocenters. The smallest absolute Gasteiger partial charge is 0.167 e. The molecule has 0 bridgehead atoms. The monoisotopic (exact) mass is 171 g/mol. The van der Waals surface area contributed by atoms with E-state index in [1.54, 1.807) is 18.0 Å². The molecular weight excluding hydrogens is 166 g/mol. The predicted octanol–water partition coefficient (Wildman–Crippen LogP) is 1.74. The highest BCUT2D eigenvalue weighted by Gasteiger charge is 2.01. The summed E-state index contributed by atoms with van der Waals surface area (Å²) in [5.41, 5.74) is 1.04. The molecular formula is C5H5N3S2. The molecule has 10 heavy (non-hydrogen) atoms. The molecule has 0 saturated carbocycles. The summed E-state index contributed by atoms with van der Waals surface area (Å²) in [5, 5.41) is 0.962. The number of nitrogens with zero attached hydrogens (tertiary/aromatic N) is 2. The van der Waals surface area contributed by atoms with Crippen LogP contribution < -0.4 is 0 Å². The van der Waals surface area contributed by atoms with E-state index in [4.69, 9.17) is 0 Å². The summed E-state index contributed by atoms with van der Waals surface area (Å²) in [7, 11) is 0. The first-order valence-electron chi connectivity index (χ1n) is 2.74. The van der Waals surface area contributed by atoms with Gasteiger partial charge in [-0.1, -0.05) is 11.8 Å². The molecule has 0 aliphatic heterocycles. The molecule has 52 valence electrons. The number of thioether (sulfide) groups is 1. The second-order valence-corrected chi connectivity index (χ2v) is 3.37. The van der Waals surface area contributed by atoms with Crippen LogP contribution in [0.4, 0.5) is 0 Å². The van der Waals surface area contributed by atoms with E-state index in [9.17, 15) is 0 Å². The summed E-state index contributed by atoms with van der Waals surface area (Å²) >= 11 is 3.03. The lowest BCUT2D eigenvalue weighted by molar-refractivity contribution is 1.09. The summed E-state index contributed by atoms with van der Waals surface area (Å²) < 4.78 is 3.98. The summed E-state index contributed by atoms with van der Waals surface area (Å²) in [5.74, 6) is 0. The van der Waals surface area contributed by atoms with Crippen LogP contribution in [0.15, 0.2) is 11.4 Å². The van der Waals surface area contributed by atoms with Crippen molar-refractivity contribution in [2.24, 2.45) is 0 Å². The zero-order valence-corrected chi connectivity index (χ0v) is 6.92. The number of H-pyrrole nitrogens is 1. The first kappa shape index (κ1) is 6.18.